The summed E-state index contributed by atoms with van der Waals surface area (Å²) in [5.41, 5.74) is 2.78. The van der Waals surface area contributed by atoms with E-state index in [4.69, 9.17) is 9.15 Å². The third-order valence-electron chi connectivity index (χ3n) is 3.26. The first-order chi connectivity index (χ1) is 9.33. The standard InChI is InChI=1S/C16H17NO2/c1-3-8-17-13-10-15-12(9-16(13)18-2)11-6-4-5-7-14(11)19-15/h4-7,9-10,17H,3,8H2,1-2H3. The number of para-hydroxylation sites is 1. The molecule has 1 N–H and O–H groups in total. The van der Waals surface area contributed by atoms with Gasteiger partial charge in [-0.2, -0.15) is 0 Å². The van der Waals surface area contributed by atoms with Crippen LogP contribution < -0.4 is 10.1 Å². The molecular formula is C16H17NO2. The van der Waals surface area contributed by atoms with Crippen LogP contribution in [0.5, 0.6) is 5.75 Å². The van der Waals surface area contributed by atoms with Crippen molar-refractivity contribution in [2.75, 3.05) is 19.0 Å². The number of anilines is 1. The molecule has 98 valence electrons. The molecule has 1 aromatic heterocycles. The number of furan rings is 1. The third-order valence-corrected chi connectivity index (χ3v) is 3.26. The van der Waals surface area contributed by atoms with E-state index in [1.807, 2.05) is 30.3 Å². The van der Waals surface area contributed by atoms with Gasteiger partial charge in [-0.1, -0.05) is 25.1 Å². The van der Waals surface area contributed by atoms with Gasteiger partial charge in [0.25, 0.3) is 0 Å². The fourth-order valence-corrected chi connectivity index (χ4v) is 2.32. The summed E-state index contributed by atoms with van der Waals surface area (Å²) in [7, 11) is 1.70. The smallest absolute Gasteiger partial charge is 0.142 e. The summed E-state index contributed by atoms with van der Waals surface area (Å²) >= 11 is 0. The molecule has 3 rings (SSSR count). The molecule has 3 aromatic rings. The van der Waals surface area contributed by atoms with Gasteiger partial charge in [0.1, 0.15) is 16.9 Å². The summed E-state index contributed by atoms with van der Waals surface area (Å²) < 4.78 is 11.3. The van der Waals surface area contributed by atoms with Crippen LogP contribution in [0.25, 0.3) is 21.9 Å². The molecule has 0 unspecified atom stereocenters. The zero-order valence-electron chi connectivity index (χ0n) is 11.2. The second-order valence-corrected chi connectivity index (χ2v) is 4.57. The Bertz CT molecular complexity index is 715. The second-order valence-electron chi connectivity index (χ2n) is 4.57. The van der Waals surface area contributed by atoms with Crippen LogP contribution in [0.3, 0.4) is 0 Å². The summed E-state index contributed by atoms with van der Waals surface area (Å²) in [6, 6.07) is 12.1. The van der Waals surface area contributed by atoms with Gasteiger partial charge in [-0.15, -0.1) is 0 Å². The third kappa shape index (κ3) is 2.01. The van der Waals surface area contributed by atoms with Gasteiger partial charge in [0.15, 0.2) is 0 Å². The van der Waals surface area contributed by atoms with Gasteiger partial charge >= 0.3 is 0 Å². The number of methoxy groups -OCH3 is 1. The molecule has 0 saturated carbocycles. The van der Waals surface area contributed by atoms with Gasteiger partial charge < -0.3 is 14.5 Å². The molecule has 2 aromatic carbocycles. The zero-order chi connectivity index (χ0) is 13.2. The largest absolute Gasteiger partial charge is 0.495 e. The highest BCUT2D eigenvalue weighted by molar-refractivity contribution is 6.06. The van der Waals surface area contributed by atoms with E-state index in [9.17, 15) is 0 Å². The lowest BCUT2D eigenvalue weighted by molar-refractivity contribution is 0.417. The number of fused-ring (bicyclic) bond motifs is 3. The van der Waals surface area contributed by atoms with E-state index in [1.54, 1.807) is 7.11 Å². The monoisotopic (exact) mass is 255 g/mol. The minimum Gasteiger partial charge on any atom is -0.495 e. The van der Waals surface area contributed by atoms with Crippen LogP contribution in [0.2, 0.25) is 0 Å². The summed E-state index contributed by atoms with van der Waals surface area (Å²) in [6.45, 7) is 3.06. The molecule has 3 nitrogen and oxygen atoms in total. The van der Waals surface area contributed by atoms with E-state index < -0.39 is 0 Å². The molecule has 0 aliphatic heterocycles. The quantitative estimate of drug-likeness (QED) is 0.749. The average molecular weight is 255 g/mol. The molecule has 0 radical (unpaired) electrons. The van der Waals surface area contributed by atoms with Crippen molar-refractivity contribution >= 4 is 27.6 Å². The molecule has 0 aliphatic rings. The van der Waals surface area contributed by atoms with Crippen LogP contribution in [-0.2, 0) is 0 Å². The first kappa shape index (κ1) is 11.9. The van der Waals surface area contributed by atoms with Crippen molar-refractivity contribution in [1.29, 1.82) is 0 Å². The van der Waals surface area contributed by atoms with Crippen molar-refractivity contribution in [2.24, 2.45) is 0 Å². The summed E-state index contributed by atoms with van der Waals surface area (Å²) in [6.07, 6.45) is 1.07. The summed E-state index contributed by atoms with van der Waals surface area (Å²) in [5.74, 6) is 0.854. The lowest BCUT2D eigenvalue weighted by atomic mass is 10.1. The molecule has 0 bridgehead atoms. The van der Waals surface area contributed by atoms with E-state index in [2.05, 4.69) is 18.3 Å². The lowest BCUT2D eigenvalue weighted by Crippen LogP contribution is -2.01. The highest BCUT2D eigenvalue weighted by atomic mass is 16.5. The van der Waals surface area contributed by atoms with E-state index in [1.165, 1.54) is 0 Å². The molecule has 19 heavy (non-hydrogen) atoms. The Labute approximate surface area is 112 Å². The maximum absolute atomic E-state index is 5.88. The Balaban J connectivity index is 2.21. The molecule has 0 spiro atoms. The predicted octanol–water partition coefficient (Wildman–Crippen LogP) is 4.42. The first-order valence-corrected chi connectivity index (χ1v) is 6.56. The van der Waals surface area contributed by atoms with Crippen LogP contribution in [-0.4, -0.2) is 13.7 Å². The Kier molecular flexibility index (Phi) is 3.03. The van der Waals surface area contributed by atoms with Crippen molar-refractivity contribution in [2.45, 2.75) is 13.3 Å². The predicted molar refractivity (Wildman–Crippen MR) is 79.1 cm³/mol. The highest BCUT2D eigenvalue weighted by Gasteiger charge is 2.11. The van der Waals surface area contributed by atoms with E-state index >= 15 is 0 Å². The van der Waals surface area contributed by atoms with Crippen molar-refractivity contribution in [3.8, 4) is 5.75 Å². The van der Waals surface area contributed by atoms with Crippen LogP contribution in [0.4, 0.5) is 5.69 Å². The number of hydrogen-bond acceptors (Lipinski definition) is 3. The molecule has 0 fully saturated rings. The minimum atomic E-state index is 0.854. The van der Waals surface area contributed by atoms with Gasteiger partial charge in [-0.3, -0.25) is 0 Å². The van der Waals surface area contributed by atoms with Gasteiger partial charge in [-0.05, 0) is 18.6 Å². The Hall–Kier alpha value is -2.16. The number of ether oxygens (including phenoxy) is 1. The maximum atomic E-state index is 5.88. The Morgan fingerprint density at radius 1 is 1.11 bits per heavy atom. The van der Waals surface area contributed by atoms with Crippen LogP contribution in [0.1, 0.15) is 13.3 Å². The van der Waals surface area contributed by atoms with E-state index in [0.717, 1.165) is 46.3 Å². The van der Waals surface area contributed by atoms with Crippen LogP contribution in [0, 0.1) is 0 Å². The molecule has 0 atom stereocenters. The zero-order valence-corrected chi connectivity index (χ0v) is 11.2. The van der Waals surface area contributed by atoms with Crippen molar-refractivity contribution in [3.05, 3.63) is 36.4 Å². The SMILES string of the molecule is CCCNc1cc2oc3ccccc3c2cc1OC. The van der Waals surface area contributed by atoms with Crippen LogP contribution >= 0.6 is 0 Å². The van der Waals surface area contributed by atoms with Gasteiger partial charge in [-0.25, -0.2) is 0 Å². The van der Waals surface area contributed by atoms with Gasteiger partial charge in [0.2, 0.25) is 0 Å². The first-order valence-electron chi connectivity index (χ1n) is 6.56. The summed E-state index contributed by atoms with van der Waals surface area (Å²) in [4.78, 5) is 0. The normalized spacial score (nSPS) is 11.1. The number of rotatable bonds is 4. The fraction of sp³-hybridized carbons (Fsp3) is 0.250. The van der Waals surface area contributed by atoms with Gasteiger partial charge in [0.05, 0.1) is 12.8 Å². The van der Waals surface area contributed by atoms with Crippen LogP contribution in [0.15, 0.2) is 40.8 Å². The Morgan fingerprint density at radius 3 is 2.74 bits per heavy atom. The van der Waals surface area contributed by atoms with E-state index in [0.29, 0.717) is 0 Å². The Morgan fingerprint density at radius 2 is 1.95 bits per heavy atom. The topological polar surface area (TPSA) is 34.4 Å². The fourth-order valence-electron chi connectivity index (χ4n) is 2.32. The molecule has 0 amide bonds. The van der Waals surface area contributed by atoms with E-state index in [-0.39, 0.29) is 0 Å². The summed E-state index contributed by atoms with van der Waals surface area (Å²) in [5, 5.41) is 5.58. The molecule has 0 saturated heterocycles. The van der Waals surface area contributed by atoms with Crippen molar-refractivity contribution in [3.63, 3.8) is 0 Å². The number of hydrogen-bond donors (Lipinski definition) is 1. The van der Waals surface area contributed by atoms with Crippen molar-refractivity contribution in [1.82, 2.24) is 0 Å². The van der Waals surface area contributed by atoms with Gasteiger partial charge in [0, 0.05) is 23.4 Å². The van der Waals surface area contributed by atoms with Crippen molar-refractivity contribution < 1.29 is 9.15 Å². The number of nitrogens with one attached hydrogen (secondary N) is 1. The second kappa shape index (κ2) is 4.84. The number of benzene rings is 2. The molecule has 1 heterocycles. The maximum Gasteiger partial charge on any atom is 0.142 e. The average Bonchev–Trinajstić information content (AvgIpc) is 2.81. The molecule has 0 aliphatic carbocycles. The molecule has 3 heteroatoms. The lowest BCUT2D eigenvalue weighted by Gasteiger charge is -2.10. The highest BCUT2D eigenvalue weighted by Crippen LogP contribution is 2.36. The minimum absolute atomic E-state index is 0.854. The molecular weight excluding hydrogens is 238 g/mol.